The number of aromatic nitrogens is 3. The number of hydrogen-bond donors (Lipinski definition) is 1. The molecule has 2 aromatic heterocycles. The third-order valence-electron chi connectivity index (χ3n) is 4.85. The van der Waals surface area contributed by atoms with Gasteiger partial charge in [0.15, 0.2) is 0 Å². The van der Waals surface area contributed by atoms with Crippen LogP contribution in [0.4, 0.5) is 0 Å². The summed E-state index contributed by atoms with van der Waals surface area (Å²) in [5.74, 6) is 1.30. The molecule has 0 saturated carbocycles. The van der Waals surface area contributed by atoms with Crippen molar-refractivity contribution in [2.24, 2.45) is 0 Å². The Kier molecular flexibility index (Phi) is 6.55. The van der Waals surface area contributed by atoms with Crippen molar-refractivity contribution < 1.29 is 4.52 Å². The molecule has 4 rings (SSSR count). The summed E-state index contributed by atoms with van der Waals surface area (Å²) in [6, 6.07) is 12.7. The second-order valence-corrected chi connectivity index (χ2v) is 6.54. The van der Waals surface area contributed by atoms with Crippen LogP contribution in [0.5, 0.6) is 0 Å². The Morgan fingerprint density at radius 1 is 1.22 bits per heavy atom. The molecular weight excluding hydrogens is 362 g/mol. The highest BCUT2D eigenvalue weighted by Gasteiger charge is 2.25. The van der Waals surface area contributed by atoms with Crippen LogP contribution in [0.3, 0.4) is 0 Å². The Morgan fingerprint density at radius 2 is 2.07 bits per heavy atom. The summed E-state index contributed by atoms with van der Waals surface area (Å²) in [6.07, 6.45) is 4.76. The summed E-state index contributed by atoms with van der Waals surface area (Å²) in [5.41, 5.74) is 3.49. The van der Waals surface area contributed by atoms with E-state index < -0.39 is 0 Å². The fourth-order valence-electron chi connectivity index (χ4n) is 3.34. The zero-order valence-corrected chi connectivity index (χ0v) is 16.2. The van der Waals surface area contributed by atoms with Gasteiger partial charge >= 0.3 is 0 Å². The Balaban J connectivity index is 0.00000210. The van der Waals surface area contributed by atoms with E-state index in [-0.39, 0.29) is 18.4 Å². The van der Waals surface area contributed by atoms with E-state index in [0.29, 0.717) is 18.3 Å². The number of nitrogens with one attached hydrogen (secondary N) is 1. The van der Waals surface area contributed by atoms with Crippen LogP contribution in [0.15, 0.2) is 53.3 Å². The molecule has 3 aromatic rings. The standard InChI is InChI=1S/C20H23N5O.ClH/c1-2-15-5-7-16(8-6-15)20-23-19(26-24-20)14-25-11-10-22-13-18(25)17-4-3-9-21-12-17;/h3-9,12,18,22H,2,10-11,13-14H2,1H3;1H. The highest BCUT2D eigenvalue weighted by atomic mass is 35.5. The molecule has 1 unspecified atom stereocenters. The molecule has 0 radical (unpaired) electrons. The first kappa shape index (κ1) is 19.5. The minimum absolute atomic E-state index is 0. The van der Waals surface area contributed by atoms with Crippen LogP contribution in [0, 0.1) is 0 Å². The second kappa shape index (κ2) is 9.08. The summed E-state index contributed by atoms with van der Waals surface area (Å²) < 4.78 is 5.52. The van der Waals surface area contributed by atoms with Crippen LogP contribution in [0.1, 0.15) is 30.0 Å². The number of nitrogens with zero attached hydrogens (tertiary/aromatic N) is 4. The van der Waals surface area contributed by atoms with E-state index >= 15 is 0 Å². The third kappa shape index (κ3) is 4.53. The topological polar surface area (TPSA) is 67.1 Å². The zero-order valence-electron chi connectivity index (χ0n) is 15.3. The molecule has 1 aliphatic rings. The van der Waals surface area contributed by atoms with Crippen molar-refractivity contribution in [3.05, 3.63) is 65.8 Å². The van der Waals surface area contributed by atoms with Gasteiger partial charge in [-0.25, -0.2) is 0 Å². The van der Waals surface area contributed by atoms with E-state index in [0.717, 1.165) is 31.6 Å². The average molecular weight is 386 g/mol. The summed E-state index contributed by atoms with van der Waals surface area (Å²) >= 11 is 0. The van der Waals surface area contributed by atoms with E-state index in [4.69, 9.17) is 4.52 Å². The smallest absolute Gasteiger partial charge is 0.241 e. The van der Waals surface area contributed by atoms with Gasteiger partial charge in [0.05, 0.1) is 6.54 Å². The quantitative estimate of drug-likeness (QED) is 0.727. The van der Waals surface area contributed by atoms with E-state index in [1.54, 1.807) is 6.20 Å². The Bertz CT molecular complexity index is 837. The van der Waals surface area contributed by atoms with Crippen molar-refractivity contribution in [1.29, 1.82) is 0 Å². The average Bonchev–Trinajstić information content (AvgIpc) is 3.18. The van der Waals surface area contributed by atoms with Crippen molar-refractivity contribution in [1.82, 2.24) is 25.3 Å². The lowest BCUT2D eigenvalue weighted by Crippen LogP contribution is -2.45. The molecule has 6 nitrogen and oxygen atoms in total. The van der Waals surface area contributed by atoms with Crippen molar-refractivity contribution in [3.8, 4) is 11.4 Å². The SMILES string of the molecule is CCc1ccc(-c2noc(CN3CCNCC3c3cccnc3)n2)cc1.Cl. The largest absolute Gasteiger partial charge is 0.338 e. The minimum atomic E-state index is 0. The lowest BCUT2D eigenvalue weighted by Gasteiger charge is -2.35. The van der Waals surface area contributed by atoms with E-state index in [1.807, 2.05) is 12.3 Å². The predicted molar refractivity (Wildman–Crippen MR) is 107 cm³/mol. The fourth-order valence-corrected chi connectivity index (χ4v) is 3.34. The molecule has 0 amide bonds. The van der Waals surface area contributed by atoms with Gasteiger partial charge in [0.25, 0.3) is 0 Å². The van der Waals surface area contributed by atoms with Crippen LogP contribution >= 0.6 is 12.4 Å². The third-order valence-corrected chi connectivity index (χ3v) is 4.85. The Hall–Kier alpha value is -2.28. The molecule has 0 bridgehead atoms. The van der Waals surface area contributed by atoms with Gasteiger partial charge in [-0.05, 0) is 23.6 Å². The number of benzene rings is 1. The molecule has 7 heteroatoms. The molecule has 142 valence electrons. The Morgan fingerprint density at radius 3 is 2.81 bits per heavy atom. The minimum Gasteiger partial charge on any atom is -0.338 e. The van der Waals surface area contributed by atoms with E-state index in [9.17, 15) is 0 Å². The normalized spacial score (nSPS) is 17.4. The number of rotatable bonds is 5. The first-order chi connectivity index (χ1) is 12.8. The molecule has 1 fully saturated rings. The maximum Gasteiger partial charge on any atom is 0.241 e. The first-order valence-corrected chi connectivity index (χ1v) is 9.10. The monoisotopic (exact) mass is 385 g/mol. The zero-order chi connectivity index (χ0) is 17.8. The van der Waals surface area contributed by atoms with Gasteiger partial charge in [-0.1, -0.05) is 42.4 Å². The molecule has 0 spiro atoms. The summed E-state index contributed by atoms with van der Waals surface area (Å²) in [6.45, 7) is 5.57. The molecule has 3 heterocycles. The van der Waals surface area contributed by atoms with Gasteiger partial charge < -0.3 is 9.84 Å². The molecule has 1 atom stereocenters. The van der Waals surface area contributed by atoms with Gasteiger partial charge in [0.1, 0.15) is 0 Å². The fraction of sp³-hybridized carbons (Fsp3) is 0.350. The molecular formula is C20H24ClN5O. The number of pyridine rings is 1. The number of aryl methyl sites for hydroxylation is 1. The maximum absolute atomic E-state index is 5.52. The molecule has 1 N–H and O–H groups in total. The number of hydrogen-bond acceptors (Lipinski definition) is 6. The molecule has 27 heavy (non-hydrogen) atoms. The van der Waals surface area contributed by atoms with Gasteiger partial charge in [0, 0.05) is 43.6 Å². The van der Waals surface area contributed by atoms with Crippen LogP contribution in [0.25, 0.3) is 11.4 Å². The maximum atomic E-state index is 5.52. The van der Waals surface area contributed by atoms with Gasteiger partial charge in [0.2, 0.25) is 11.7 Å². The second-order valence-electron chi connectivity index (χ2n) is 6.54. The predicted octanol–water partition coefficient (Wildman–Crippen LogP) is 3.26. The van der Waals surface area contributed by atoms with Crippen LogP contribution in [-0.2, 0) is 13.0 Å². The molecule has 1 aromatic carbocycles. The highest BCUT2D eigenvalue weighted by molar-refractivity contribution is 5.85. The molecule has 0 aliphatic carbocycles. The van der Waals surface area contributed by atoms with Crippen molar-refractivity contribution in [2.75, 3.05) is 19.6 Å². The van der Waals surface area contributed by atoms with Gasteiger partial charge in [-0.3, -0.25) is 9.88 Å². The number of piperazine rings is 1. The van der Waals surface area contributed by atoms with E-state index in [1.165, 1.54) is 11.1 Å². The summed E-state index contributed by atoms with van der Waals surface area (Å²) in [7, 11) is 0. The van der Waals surface area contributed by atoms with Crippen molar-refractivity contribution >= 4 is 12.4 Å². The van der Waals surface area contributed by atoms with Crippen molar-refractivity contribution in [3.63, 3.8) is 0 Å². The highest BCUT2D eigenvalue weighted by Crippen LogP contribution is 2.24. The lowest BCUT2D eigenvalue weighted by atomic mass is 10.1. The van der Waals surface area contributed by atoms with E-state index in [2.05, 4.69) is 62.6 Å². The van der Waals surface area contributed by atoms with Crippen LogP contribution in [-0.4, -0.2) is 39.7 Å². The first-order valence-electron chi connectivity index (χ1n) is 9.10. The lowest BCUT2D eigenvalue weighted by molar-refractivity contribution is 0.135. The van der Waals surface area contributed by atoms with Crippen LogP contribution < -0.4 is 5.32 Å². The Labute approximate surface area is 165 Å². The number of halogens is 1. The van der Waals surface area contributed by atoms with Crippen LogP contribution in [0.2, 0.25) is 0 Å². The molecule has 1 saturated heterocycles. The van der Waals surface area contributed by atoms with Gasteiger partial charge in [-0.15, -0.1) is 12.4 Å². The molecule has 1 aliphatic heterocycles. The van der Waals surface area contributed by atoms with Gasteiger partial charge in [-0.2, -0.15) is 4.98 Å². The van der Waals surface area contributed by atoms with Crippen molar-refractivity contribution in [2.45, 2.75) is 25.9 Å². The summed E-state index contributed by atoms with van der Waals surface area (Å²) in [5, 5.41) is 7.62. The summed E-state index contributed by atoms with van der Waals surface area (Å²) in [4.78, 5) is 11.2.